The Labute approximate surface area is 275 Å². The number of rotatable bonds is 5. The third-order valence-electron chi connectivity index (χ3n) is 8.40. The summed E-state index contributed by atoms with van der Waals surface area (Å²) >= 11 is 1.77. The highest BCUT2D eigenvalue weighted by molar-refractivity contribution is 7.26. The molecule has 0 atom stereocenters. The van der Waals surface area contributed by atoms with Crippen LogP contribution in [0.4, 0.5) is 0 Å². The van der Waals surface area contributed by atoms with Crippen LogP contribution in [0.2, 0.25) is 0 Å². The Balaban J connectivity index is 1.20. The molecule has 4 aromatic heterocycles. The van der Waals surface area contributed by atoms with Gasteiger partial charge in [0.1, 0.15) is 0 Å². The Hall–Kier alpha value is -6.11. The number of thiophene rings is 1. The molecule has 9 rings (SSSR count). The number of nitrogens with zero attached hydrogens (tertiary/aromatic N) is 5. The molecule has 4 heterocycles. The van der Waals surface area contributed by atoms with Crippen molar-refractivity contribution in [3.8, 4) is 56.5 Å². The summed E-state index contributed by atoms with van der Waals surface area (Å²) in [6.45, 7) is 0. The molecule has 0 saturated carbocycles. The normalized spacial score (nSPS) is 11.4. The van der Waals surface area contributed by atoms with Crippen molar-refractivity contribution < 1.29 is 0 Å². The van der Waals surface area contributed by atoms with Crippen molar-refractivity contribution in [1.29, 1.82) is 0 Å². The molecule has 0 unspecified atom stereocenters. The highest BCUT2D eigenvalue weighted by Crippen LogP contribution is 2.42. The first-order valence-electron chi connectivity index (χ1n) is 15.4. The maximum absolute atomic E-state index is 5.11. The second-order valence-electron chi connectivity index (χ2n) is 11.3. The number of hydrogen-bond acceptors (Lipinski definition) is 6. The van der Waals surface area contributed by atoms with E-state index in [1.807, 2.05) is 42.5 Å². The average molecular weight is 620 g/mol. The average Bonchev–Trinajstić information content (AvgIpc) is 3.55. The van der Waals surface area contributed by atoms with Crippen LogP contribution >= 0.6 is 11.3 Å². The van der Waals surface area contributed by atoms with E-state index in [2.05, 4.69) is 108 Å². The minimum absolute atomic E-state index is 0.606. The molecule has 0 aliphatic carbocycles. The van der Waals surface area contributed by atoms with E-state index in [0.717, 1.165) is 49.2 Å². The number of benzene rings is 5. The molecule has 0 bridgehead atoms. The van der Waals surface area contributed by atoms with E-state index in [1.165, 1.54) is 21.0 Å². The van der Waals surface area contributed by atoms with Crippen LogP contribution < -0.4 is 0 Å². The molecule has 0 radical (unpaired) electrons. The minimum atomic E-state index is 0.606. The summed E-state index contributed by atoms with van der Waals surface area (Å²) in [6, 6.07) is 49.8. The first-order chi connectivity index (χ1) is 23.3. The van der Waals surface area contributed by atoms with Crippen molar-refractivity contribution in [3.63, 3.8) is 0 Å². The minimum Gasteiger partial charge on any atom is -0.237 e. The van der Waals surface area contributed by atoms with Gasteiger partial charge in [0.2, 0.25) is 0 Å². The van der Waals surface area contributed by atoms with Gasteiger partial charge in [-0.05, 0) is 35.4 Å². The summed E-state index contributed by atoms with van der Waals surface area (Å²) in [5.41, 5.74) is 7.69. The van der Waals surface area contributed by atoms with E-state index in [0.29, 0.717) is 17.5 Å². The van der Waals surface area contributed by atoms with Gasteiger partial charge in [-0.3, -0.25) is 0 Å². The third kappa shape index (κ3) is 4.92. The standard InChI is InChI=1S/C41H25N5S/c1-3-11-26(12-4-1)27-20-22-29(23-21-27)39-44-38(28-13-5-2-6-14-28)45-40(46-39)31-16-9-15-30(25-31)36-37-35(32-17-7-8-19-34(32)47-37)33-18-10-24-42-41(33)43-36/h1-25H. The Morgan fingerprint density at radius 2 is 0.957 bits per heavy atom. The van der Waals surface area contributed by atoms with Gasteiger partial charge in [0.15, 0.2) is 23.1 Å². The van der Waals surface area contributed by atoms with E-state index in [9.17, 15) is 0 Å². The van der Waals surface area contributed by atoms with Gasteiger partial charge >= 0.3 is 0 Å². The summed E-state index contributed by atoms with van der Waals surface area (Å²) < 4.78 is 2.37. The quantitative estimate of drug-likeness (QED) is 0.192. The largest absolute Gasteiger partial charge is 0.237 e. The molecule has 0 aliphatic heterocycles. The molecule has 5 aromatic carbocycles. The molecule has 220 valence electrons. The Morgan fingerprint density at radius 1 is 0.404 bits per heavy atom. The lowest BCUT2D eigenvalue weighted by molar-refractivity contribution is 1.07. The van der Waals surface area contributed by atoms with Gasteiger partial charge in [0.25, 0.3) is 0 Å². The molecular weight excluding hydrogens is 595 g/mol. The third-order valence-corrected chi connectivity index (χ3v) is 9.57. The van der Waals surface area contributed by atoms with Crippen LogP contribution in [0, 0.1) is 0 Å². The summed E-state index contributed by atoms with van der Waals surface area (Å²) in [4.78, 5) is 24.7. The van der Waals surface area contributed by atoms with Crippen LogP contribution in [0.25, 0.3) is 87.8 Å². The van der Waals surface area contributed by atoms with E-state index in [4.69, 9.17) is 19.9 Å². The van der Waals surface area contributed by atoms with Crippen molar-refractivity contribution in [3.05, 3.63) is 152 Å². The second-order valence-corrected chi connectivity index (χ2v) is 12.4. The van der Waals surface area contributed by atoms with Crippen LogP contribution in [0.15, 0.2) is 152 Å². The fourth-order valence-corrected chi connectivity index (χ4v) is 7.34. The number of pyridine rings is 2. The molecule has 6 heteroatoms. The van der Waals surface area contributed by atoms with Crippen LogP contribution in [0.5, 0.6) is 0 Å². The molecule has 47 heavy (non-hydrogen) atoms. The van der Waals surface area contributed by atoms with E-state index >= 15 is 0 Å². The second kappa shape index (κ2) is 11.4. The summed E-state index contributed by atoms with van der Waals surface area (Å²) in [5.74, 6) is 1.86. The van der Waals surface area contributed by atoms with Crippen LogP contribution in [0.3, 0.4) is 0 Å². The lowest BCUT2D eigenvalue weighted by atomic mass is 10.0. The SMILES string of the molecule is c1ccc(-c2ccc(-c3nc(-c4ccccc4)nc(-c4cccc(-c5nc6ncccc6c6c5sc5ccccc56)c4)n3)cc2)cc1. The van der Waals surface area contributed by atoms with E-state index < -0.39 is 0 Å². The van der Waals surface area contributed by atoms with Gasteiger partial charge in [-0.25, -0.2) is 24.9 Å². The molecule has 0 spiro atoms. The maximum Gasteiger partial charge on any atom is 0.164 e. The van der Waals surface area contributed by atoms with Crippen LogP contribution in [-0.2, 0) is 0 Å². The van der Waals surface area contributed by atoms with Crippen LogP contribution in [0.1, 0.15) is 0 Å². The van der Waals surface area contributed by atoms with Gasteiger partial charge in [-0.1, -0.05) is 121 Å². The van der Waals surface area contributed by atoms with E-state index in [1.54, 1.807) is 17.5 Å². The molecule has 0 aliphatic rings. The van der Waals surface area contributed by atoms with Crippen molar-refractivity contribution in [2.24, 2.45) is 0 Å². The molecule has 0 amide bonds. The topological polar surface area (TPSA) is 64.5 Å². The highest BCUT2D eigenvalue weighted by atomic mass is 32.1. The zero-order chi connectivity index (χ0) is 31.2. The summed E-state index contributed by atoms with van der Waals surface area (Å²) in [5, 5.41) is 3.47. The molecule has 9 aromatic rings. The lowest BCUT2D eigenvalue weighted by Crippen LogP contribution is -2.00. The molecular formula is C41H25N5S. The zero-order valence-corrected chi connectivity index (χ0v) is 25.9. The summed E-state index contributed by atoms with van der Waals surface area (Å²) in [7, 11) is 0. The summed E-state index contributed by atoms with van der Waals surface area (Å²) in [6.07, 6.45) is 1.81. The Kier molecular flexibility index (Phi) is 6.58. The predicted molar refractivity (Wildman–Crippen MR) is 193 cm³/mol. The Morgan fingerprint density at radius 3 is 1.72 bits per heavy atom. The molecule has 5 nitrogen and oxygen atoms in total. The smallest absolute Gasteiger partial charge is 0.164 e. The van der Waals surface area contributed by atoms with Crippen molar-refractivity contribution in [2.45, 2.75) is 0 Å². The Bertz CT molecular complexity index is 2560. The zero-order valence-electron chi connectivity index (χ0n) is 25.1. The monoisotopic (exact) mass is 619 g/mol. The predicted octanol–water partition coefficient (Wildman–Crippen LogP) is 10.5. The van der Waals surface area contributed by atoms with Crippen LogP contribution in [-0.4, -0.2) is 24.9 Å². The molecule has 0 fully saturated rings. The number of aromatic nitrogens is 5. The molecule has 0 N–H and O–H groups in total. The fraction of sp³-hybridized carbons (Fsp3) is 0. The molecule has 0 saturated heterocycles. The van der Waals surface area contributed by atoms with Crippen molar-refractivity contribution in [1.82, 2.24) is 24.9 Å². The number of fused-ring (bicyclic) bond motifs is 5. The van der Waals surface area contributed by atoms with Gasteiger partial charge in [0, 0.05) is 49.3 Å². The van der Waals surface area contributed by atoms with E-state index in [-0.39, 0.29) is 0 Å². The first-order valence-corrected chi connectivity index (χ1v) is 16.2. The van der Waals surface area contributed by atoms with Crippen molar-refractivity contribution in [2.75, 3.05) is 0 Å². The van der Waals surface area contributed by atoms with Gasteiger partial charge in [0.05, 0.1) is 10.4 Å². The number of hydrogen-bond donors (Lipinski definition) is 0. The fourth-order valence-electron chi connectivity index (χ4n) is 6.11. The maximum atomic E-state index is 5.11. The lowest BCUT2D eigenvalue weighted by Gasteiger charge is -2.11. The highest BCUT2D eigenvalue weighted by Gasteiger charge is 2.18. The van der Waals surface area contributed by atoms with Gasteiger partial charge in [-0.15, -0.1) is 11.3 Å². The van der Waals surface area contributed by atoms with Crippen molar-refractivity contribution >= 4 is 42.5 Å². The van der Waals surface area contributed by atoms with Gasteiger partial charge in [-0.2, -0.15) is 0 Å². The van der Waals surface area contributed by atoms with Gasteiger partial charge < -0.3 is 0 Å². The first kappa shape index (κ1) is 27.2.